The number of benzene rings is 1. The van der Waals surface area contributed by atoms with Crippen molar-refractivity contribution in [2.75, 3.05) is 19.7 Å². The van der Waals surface area contributed by atoms with Gasteiger partial charge in [-0.15, -0.1) is 0 Å². The van der Waals surface area contributed by atoms with Crippen molar-refractivity contribution in [3.8, 4) is 0 Å². The Kier molecular flexibility index (Phi) is 5.05. The molecule has 1 spiro atoms. The summed E-state index contributed by atoms with van der Waals surface area (Å²) in [5, 5.41) is 11.3. The quantitative estimate of drug-likeness (QED) is 0.464. The summed E-state index contributed by atoms with van der Waals surface area (Å²) in [5.74, 6) is -2.14. The molecule has 0 bridgehead atoms. The van der Waals surface area contributed by atoms with Crippen LogP contribution in [0, 0.1) is 10.1 Å². The number of urea groups is 1. The van der Waals surface area contributed by atoms with Gasteiger partial charge in [0.1, 0.15) is 0 Å². The van der Waals surface area contributed by atoms with E-state index in [0.717, 1.165) is 0 Å². The predicted octanol–water partition coefficient (Wildman–Crippen LogP) is 2.44. The molecular weight excluding hydrogens is 447 g/mol. The third kappa shape index (κ3) is 3.57. The maximum absolute atomic E-state index is 13.1. The molecule has 1 unspecified atom stereocenters. The van der Waals surface area contributed by atoms with Crippen LogP contribution in [0.4, 0.5) is 23.7 Å². The van der Waals surface area contributed by atoms with Gasteiger partial charge in [0.25, 0.3) is 11.6 Å². The Labute approximate surface area is 175 Å². The number of carbonyl (C=O) groups is 2. The lowest BCUT2D eigenvalue weighted by atomic mass is 10.0. The molecule has 2 fully saturated rings. The molecule has 0 saturated carbocycles. The molecule has 4 rings (SSSR count). The van der Waals surface area contributed by atoms with Crippen LogP contribution in [0.3, 0.4) is 0 Å². The number of rotatable bonds is 1. The number of amides is 3. The van der Waals surface area contributed by atoms with Gasteiger partial charge in [-0.2, -0.15) is 17.5 Å². The summed E-state index contributed by atoms with van der Waals surface area (Å²) >= 11 is 0. The average molecular weight is 463 g/mol. The maximum Gasteiger partial charge on any atom is 0.416 e. The number of hydrogen-bond donors (Lipinski definition) is 0. The first-order valence-corrected chi connectivity index (χ1v) is 10.3. The van der Waals surface area contributed by atoms with E-state index in [4.69, 9.17) is 9.47 Å². The number of nitro groups is 1. The zero-order chi connectivity index (χ0) is 22.7. The molecule has 1 aromatic rings. The van der Waals surface area contributed by atoms with Crippen LogP contribution >= 0.6 is 0 Å². The van der Waals surface area contributed by atoms with Crippen LogP contribution < -0.4 is 0 Å². The summed E-state index contributed by atoms with van der Waals surface area (Å²) in [4.78, 5) is 36.2. The van der Waals surface area contributed by atoms with Crippen molar-refractivity contribution in [3.05, 3.63) is 33.4 Å². The number of ether oxygens (including phenoxy) is 2. The minimum atomic E-state index is -4.97. The maximum atomic E-state index is 13.1. The van der Waals surface area contributed by atoms with Crippen LogP contribution in [0.25, 0.3) is 0 Å². The highest BCUT2D eigenvalue weighted by Gasteiger charge is 2.50. The Balaban J connectivity index is 1.61. The van der Waals surface area contributed by atoms with Crippen molar-refractivity contribution in [3.63, 3.8) is 0 Å². The fraction of sp³-hybridized carbons (Fsp3) is 0.529. The molecular formula is C17H16F3N3O7S. The van der Waals surface area contributed by atoms with E-state index >= 15 is 0 Å². The molecule has 0 radical (unpaired) electrons. The number of hydrogen-bond acceptors (Lipinski definition) is 7. The number of imide groups is 1. The lowest BCUT2D eigenvalue weighted by molar-refractivity contribution is -0.388. The lowest BCUT2D eigenvalue weighted by Gasteiger charge is -2.38. The van der Waals surface area contributed by atoms with Gasteiger partial charge in [-0.3, -0.25) is 14.9 Å². The van der Waals surface area contributed by atoms with Gasteiger partial charge in [-0.05, 0) is 13.0 Å². The van der Waals surface area contributed by atoms with Gasteiger partial charge in [0.05, 0.1) is 28.8 Å². The summed E-state index contributed by atoms with van der Waals surface area (Å²) in [7, 11) is -2.66. The first kappa shape index (κ1) is 21.6. The van der Waals surface area contributed by atoms with Crippen LogP contribution in [0.5, 0.6) is 0 Å². The highest BCUT2D eigenvalue weighted by atomic mass is 32.2. The molecule has 31 heavy (non-hydrogen) atoms. The van der Waals surface area contributed by atoms with Crippen molar-refractivity contribution in [2.24, 2.45) is 0 Å². The summed E-state index contributed by atoms with van der Waals surface area (Å²) in [6.45, 7) is 2.39. The van der Waals surface area contributed by atoms with Crippen molar-refractivity contribution >= 4 is 28.6 Å². The molecule has 3 aliphatic heterocycles. The molecule has 0 aromatic heterocycles. The molecule has 168 valence electrons. The smallest absolute Gasteiger partial charge is 0.347 e. The average Bonchev–Trinajstić information content (AvgIpc) is 3.18. The van der Waals surface area contributed by atoms with Gasteiger partial charge in [0, 0.05) is 32.0 Å². The zero-order valence-electron chi connectivity index (χ0n) is 16.0. The van der Waals surface area contributed by atoms with Crippen LogP contribution in [0.15, 0.2) is 17.0 Å². The van der Waals surface area contributed by atoms with E-state index in [9.17, 15) is 37.1 Å². The molecule has 3 aliphatic rings. The summed E-state index contributed by atoms with van der Waals surface area (Å²) in [6.07, 6.45) is -4.53. The third-order valence-corrected chi connectivity index (χ3v) is 6.75. The standard InChI is InChI=1S/C17H16F3N3O7S/c1-9-8-29-16(30-9)2-4-21(5-3-16)15(25)22-14(24)11-6-10(17(18,19)20)7-12(23(26)27)13(11)31(22)28/h6-7,9H,2-5,8H2,1H3/t9-,31?/m0/s1. The van der Waals surface area contributed by atoms with Gasteiger partial charge in [-0.25, -0.2) is 9.00 Å². The Morgan fingerprint density at radius 1 is 1.32 bits per heavy atom. The second kappa shape index (κ2) is 7.24. The van der Waals surface area contributed by atoms with E-state index in [1.54, 1.807) is 0 Å². The Morgan fingerprint density at radius 3 is 2.48 bits per heavy atom. The van der Waals surface area contributed by atoms with Gasteiger partial charge in [-0.1, -0.05) is 0 Å². The van der Waals surface area contributed by atoms with Crippen molar-refractivity contribution in [1.82, 2.24) is 9.21 Å². The number of nitrogens with zero attached hydrogens (tertiary/aromatic N) is 3. The van der Waals surface area contributed by atoms with Gasteiger partial charge >= 0.3 is 12.2 Å². The highest BCUT2D eigenvalue weighted by molar-refractivity contribution is 7.84. The third-order valence-electron chi connectivity index (χ3n) is 5.32. The number of likely N-dealkylation sites (tertiary alicyclic amines) is 1. The Bertz CT molecular complexity index is 1010. The SMILES string of the molecule is C[C@H]1COC2(CCN(C(=O)N3C(=O)c4cc(C(F)(F)F)cc([N+](=O)[O-])c4S3=O)CC2)O1. The normalized spacial score (nSPS) is 25.2. The van der Waals surface area contributed by atoms with E-state index in [-0.39, 0.29) is 42.4 Å². The Hall–Kier alpha value is -2.58. The van der Waals surface area contributed by atoms with Crippen LogP contribution in [-0.4, -0.2) is 61.9 Å². The van der Waals surface area contributed by atoms with Crippen molar-refractivity contribution < 1.29 is 41.4 Å². The second-order valence-corrected chi connectivity index (χ2v) is 8.67. The van der Waals surface area contributed by atoms with E-state index in [1.807, 2.05) is 6.92 Å². The summed E-state index contributed by atoms with van der Waals surface area (Å²) in [5.41, 5.74) is -3.36. The van der Waals surface area contributed by atoms with Crippen LogP contribution in [0.1, 0.15) is 35.7 Å². The highest BCUT2D eigenvalue weighted by Crippen LogP contribution is 2.41. The van der Waals surface area contributed by atoms with Crippen LogP contribution in [-0.2, 0) is 26.6 Å². The number of carbonyl (C=O) groups excluding carboxylic acids is 2. The minimum Gasteiger partial charge on any atom is -0.347 e. The largest absolute Gasteiger partial charge is 0.416 e. The van der Waals surface area contributed by atoms with Crippen molar-refractivity contribution in [1.29, 1.82) is 0 Å². The number of piperidine rings is 1. The fourth-order valence-electron chi connectivity index (χ4n) is 3.82. The molecule has 0 aliphatic carbocycles. The fourth-order valence-corrected chi connectivity index (χ4v) is 5.16. The molecule has 3 heterocycles. The zero-order valence-corrected chi connectivity index (χ0v) is 16.8. The molecule has 2 saturated heterocycles. The molecule has 14 heteroatoms. The summed E-state index contributed by atoms with van der Waals surface area (Å²) < 4.78 is 63.8. The van der Waals surface area contributed by atoms with Gasteiger partial charge in [0.15, 0.2) is 21.7 Å². The molecule has 0 N–H and O–H groups in total. The predicted molar refractivity (Wildman–Crippen MR) is 96.1 cm³/mol. The first-order chi connectivity index (χ1) is 14.4. The molecule has 10 nitrogen and oxygen atoms in total. The number of fused-ring (bicyclic) bond motifs is 1. The van der Waals surface area contributed by atoms with Crippen molar-refractivity contribution in [2.45, 2.75) is 42.7 Å². The first-order valence-electron chi connectivity index (χ1n) is 9.20. The molecule has 2 atom stereocenters. The minimum absolute atomic E-state index is 0.0821. The molecule has 3 amide bonds. The molecule has 1 aromatic carbocycles. The van der Waals surface area contributed by atoms with E-state index < -0.39 is 61.5 Å². The van der Waals surface area contributed by atoms with Gasteiger partial charge in [0.2, 0.25) is 0 Å². The van der Waals surface area contributed by atoms with E-state index in [0.29, 0.717) is 12.7 Å². The number of halogens is 3. The van der Waals surface area contributed by atoms with E-state index in [2.05, 4.69) is 0 Å². The van der Waals surface area contributed by atoms with E-state index in [1.165, 1.54) is 4.90 Å². The number of alkyl halides is 3. The summed E-state index contributed by atoms with van der Waals surface area (Å²) in [6, 6.07) is -0.426. The Morgan fingerprint density at radius 2 is 1.97 bits per heavy atom. The monoisotopic (exact) mass is 463 g/mol. The van der Waals surface area contributed by atoms with Gasteiger partial charge < -0.3 is 14.4 Å². The number of nitro benzene ring substituents is 1. The lowest BCUT2D eigenvalue weighted by Crippen LogP contribution is -2.52. The second-order valence-electron chi connectivity index (χ2n) is 7.40. The topological polar surface area (TPSA) is 119 Å². The van der Waals surface area contributed by atoms with Crippen LogP contribution in [0.2, 0.25) is 0 Å².